The standard InChI is InChI=1S/C23H32ClNO5/c1-15(2)7-8-30-23-21(28-5)9-16(10-22(23)29-6)13-25-14-17-11-19(26-3)20(27-4)12-18(17)24/h9-12,15,25H,7-8,13-14H2,1-6H3. The zero-order valence-electron chi connectivity index (χ0n) is 18.6. The molecule has 0 saturated heterocycles. The van der Waals surface area contributed by atoms with Gasteiger partial charge in [0.05, 0.1) is 35.0 Å². The molecule has 6 nitrogen and oxygen atoms in total. The molecule has 0 aliphatic heterocycles. The van der Waals surface area contributed by atoms with Gasteiger partial charge in [-0.3, -0.25) is 0 Å². The molecule has 0 bridgehead atoms. The monoisotopic (exact) mass is 437 g/mol. The fraction of sp³-hybridized carbons (Fsp3) is 0.478. The van der Waals surface area contributed by atoms with Crippen LogP contribution < -0.4 is 29.0 Å². The summed E-state index contributed by atoms with van der Waals surface area (Å²) in [5.74, 6) is 3.75. The lowest BCUT2D eigenvalue weighted by atomic mass is 10.1. The lowest BCUT2D eigenvalue weighted by molar-refractivity contribution is 0.257. The van der Waals surface area contributed by atoms with Gasteiger partial charge in [0.25, 0.3) is 0 Å². The van der Waals surface area contributed by atoms with E-state index in [2.05, 4.69) is 19.2 Å². The lowest BCUT2D eigenvalue weighted by Crippen LogP contribution is -2.14. The second-order valence-electron chi connectivity index (χ2n) is 7.26. The van der Waals surface area contributed by atoms with E-state index in [0.717, 1.165) is 17.5 Å². The highest BCUT2D eigenvalue weighted by Gasteiger charge is 2.15. The first-order valence-corrected chi connectivity index (χ1v) is 10.3. The van der Waals surface area contributed by atoms with Crippen LogP contribution in [0.5, 0.6) is 28.7 Å². The molecule has 0 amide bonds. The van der Waals surface area contributed by atoms with Crippen LogP contribution in [0.4, 0.5) is 0 Å². The first-order valence-electron chi connectivity index (χ1n) is 9.92. The third kappa shape index (κ3) is 6.34. The molecular weight excluding hydrogens is 406 g/mol. The SMILES string of the molecule is COc1cc(Cl)c(CNCc2cc(OC)c(OCCC(C)C)c(OC)c2)cc1OC. The summed E-state index contributed by atoms with van der Waals surface area (Å²) < 4.78 is 27.7. The van der Waals surface area contributed by atoms with Crippen LogP contribution in [0.25, 0.3) is 0 Å². The van der Waals surface area contributed by atoms with Crippen molar-refractivity contribution in [3.8, 4) is 28.7 Å². The molecule has 2 rings (SSSR count). The van der Waals surface area contributed by atoms with E-state index in [4.69, 9.17) is 35.3 Å². The summed E-state index contributed by atoms with van der Waals surface area (Å²) in [4.78, 5) is 0. The number of nitrogens with one attached hydrogen (secondary N) is 1. The Morgan fingerprint density at radius 2 is 1.37 bits per heavy atom. The van der Waals surface area contributed by atoms with E-state index in [9.17, 15) is 0 Å². The number of benzene rings is 2. The molecule has 0 saturated carbocycles. The Bertz CT molecular complexity index is 800. The van der Waals surface area contributed by atoms with Crippen molar-refractivity contribution in [2.45, 2.75) is 33.4 Å². The molecule has 7 heteroatoms. The minimum Gasteiger partial charge on any atom is -0.493 e. The highest BCUT2D eigenvalue weighted by molar-refractivity contribution is 6.31. The van der Waals surface area contributed by atoms with Crippen molar-refractivity contribution in [3.05, 3.63) is 40.4 Å². The van der Waals surface area contributed by atoms with Gasteiger partial charge < -0.3 is 29.0 Å². The van der Waals surface area contributed by atoms with E-state index < -0.39 is 0 Å². The Morgan fingerprint density at radius 1 is 0.800 bits per heavy atom. The minimum atomic E-state index is 0.564. The van der Waals surface area contributed by atoms with E-state index in [1.165, 1.54) is 0 Å². The fourth-order valence-electron chi connectivity index (χ4n) is 2.95. The number of hydrogen-bond acceptors (Lipinski definition) is 6. The first kappa shape index (κ1) is 24.0. The van der Waals surface area contributed by atoms with Gasteiger partial charge in [-0.1, -0.05) is 25.4 Å². The average molecular weight is 438 g/mol. The van der Waals surface area contributed by atoms with Gasteiger partial charge in [0.15, 0.2) is 23.0 Å². The molecular formula is C23H32ClNO5. The molecule has 0 atom stereocenters. The van der Waals surface area contributed by atoms with Gasteiger partial charge in [-0.15, -0.1) is 0 Å². The average Bonchev–Trinajstić information content (AvgIpc) is 2.74. The molecule has 0 aliphatic carbocycles. The van der Waals surface area contributed by atoms with E-state index >= 15 is 0 Å². The van der Waals surface area contributed by atoms with Crippen LogP contribution in [-0.2, 0) is 13.1 Å². The Morgan fingerprint density at radius 3 is 1.90 bits per heavy atom. The third-order valence-corrected chi connectivity index (χ3v) is 5.01. The zero-order valence-corrected chi connectivity index (χ0v) is 19.4. The summed E-state index contributed by atoms with van der Waals surface area (Å²) in [6, 6.07) is 7.54. The molecule has 0 aromatic heterocycles. The fourth-order valence-corrected chi connectivity index (χ4v) is 3.17. The van der Waals surface area contributed by atoms with Crippen LogP contribution in [0.2, 0.25) is 5.02 Å². The Hall–Kier alpha value is -2.31. The number of ether oxygens (including phenoxy) is 5. The molecule has 30 heavy (non-hydrogen) atoms. The molecule has 2 aromatic carbocycles. The van der Waals surface area contributed by atoms with Crippen LogP contribution in [0.15, 0.2) is 24.3 Å². The molecule has 166 valence electrons. The Balaban J connectivity index is 2.10. The van der Waals surface area contributed by atoms with Crippen LogP contribution in [0.1, 0.15) is 31.4 Å². The molecule has 0 spiro atoms. The second-order valence-corrected chi connectivity index (χ2v) is 7.67. The van der Waals surface area contributed by atoms with Crippen molar-refractivity contribution in [3.63, 3.8) is 0 Å². The maximum Gasteiger partial charge on any atom is 0.203 e. The maximum absolute atomic E-state index is 6.37. The minimum absolute atomic E-state index is 0.564. The van der Waals surface area contributed by atoms with E-state index in [1.807, 2.05) is 18.2 Å². The molecule has 0 unspecified atom stereocenters. The molecule has 0 fully saturated rings. The van der Waals surface area contributed by atoms with Crippen LogP contribution in [0, 0.1) is 5.92 Å². The summed E-state index contributed by atoms with van der Waals surface area (Å²) in [7, 11) is 6.45. The Kier molecular flexibility index (Phi) is 9.40. The summed E-state index contributed by atoms with van der Waals surface area (Å²) in [6.45, 7) is 6.11. The van der Waals surface area contributed by atoms with Gasteiger partial charge >= 0.3 is 0 Å². The Labute approximate surface area is 184 Å². The highest BCUT2D eigenvalue weighted by atomic mass is 35.5. The van der Waals surface area contributed by atoms with Gasteiger partial charge in [0, 0.05) is 24.2 Å². The molecule has 1 N–H and O–H groups in total. The van der Waals surface area contributed by atoms with E-state index in [-0.39, 0.29) is 0 Å². The number of halogens is 1. The normalized spacial score (nSPS) is 10.8. The van der Waals surface area contributed by atoms with Crippen molar-refractivity contribution < 1.29 is 23.7 Å². The topological polar surface area (TPSA) is 58.2 Å². The predicted octanol–water partition coefficient (Wildman–Crippen LogP) is 5.09. The van der Waals surface area contributed by atoms with E-state index in [1.54, 1.807) is 34.5 Å². The maximum atomic E-state index is 6.37. The van der Waals surface area contributed by atoms with Crippen molar-refractivity contribution >= 4 is 11.6 Å². The number of methoxy groups -OCH3 is 4. The number of hydrogen-bond donors (Lipinski definition) is 1. The van der Waals surface area contributed by atoms with Gasteiger partial charge in [-0.25, -0.2) is 0 Å². The smallest absolute Gasteiger partial charge is 0.203 e. The van der Waals surface area contributed by atoms with Crippen molar-refractivity contribution in [2.24, 2.45) is 5.92 Å². The number of rotatable bonds is 12. The van der Waals surface area contributed by atoms with Crippen molar-refractivity contribution in [1.29, 1.82) is 0 Å². The highest BCUT2D eigenvalue weighted by Crippen LogP contribution is 2.39. The second kappa shape index (κ2) is 11.8. The zero-order chi connectivity index (χ0) is 22.1. The largest absolute Gasteiger partial charge is 0.493 e. The molecule has 0 radical (unpaired) electrons. The summed E-state index contributed by atoms with van der Waals surface area (Å²) in [5, 5.41) is 4.01. The van der Waals surface area contributed by atoms with Crippen LogP contribution in [-0.4, -0.2) is 35.0 Å². The lowest BCUT2D eigenvalue weighted by Gasteiger charge is -2.17. The molecule has 0 heterocycles. The van der Waals surface area contributed by atoms with Crippen LogP contribution in [0.3, 0.4) is 0 Å². The van der Waals surface area contributed by atoms with Gasteiger partial charge in [-0.05, 0) is 41.7 Å². The third-order valence-electron chi connectivity index (χ3n) is 4.66. The summed E-state index contributed by atoms with van der Waals surface area (Å²) >= 11 is 6.37. The van der Waals surface area contributed by atoms with Crippen LogP contribution >= 0.6 is 11.6 Å². The van der Waals surface area contributed by atoms with Crippen molar-refractivity contribution in [2.75, 3.05) is 35.0 Å². The molecule has 2 aromatic rings. The predicted molar refractivity (Wildman–Crippen MR) is 120 cm³/mol. The molecule has 0 aliphatic rings. The quantitative estimate of drug-likeness (QED) is 0.499. The summed E-state index contributed by atoms with van der Waals surface area (Å²) in [6.07, 6.45) is 0.960. The van der Waals surface area contributed by atoms with Gasteiger partial charge in [0.1, 0.15) is 0 Å². The van der Waals surface area contributed by atoms with E-state index in [0.29, 0.717) is 59.4 Å². The summed E-state index contributed by atoms with van der Waals surface area (Å²) in [5.41, 5.74) is 1.93. The van der Waals surface area contributed by atoms with Gasteiger partial charge in [0.2, 0.25) is 5.75 Å². The van der Waals surface area contributed by atoms with Crippen molar-refractivity contribution in [1.82, 2.24) is 5.32 Å². The first-order chi connectivity index (χ1) is 14.4. The van der Waals surface area contributed by atoms with Gasteiger partial charge in [-0.2, -0.15) is 0 Å².